The van der Waals surface area contributed by atoms with Crippen molar-refractivity contribution in [3.63, 3.8) is 0 Å². The highest BCUT2D eigenvalue weighted by atomic mass is 16.2. The van der Waals surface area contributed by atoms with Crippen LogP contribution in [0.1, 0.15) is 25.7 Å². The molecule has 2 heterocycles. The zero-order chi connectivity index (χ0) is 11.8. The molecule has 4 heteroatoms. The van der Waals surface area contributed by atoms with Crippen LogP contribution in [0.15, 0.2) is 0 Å². The molecule has 2 aliphatic rings. The summed E-state index contributed by atoms with van der Waals surface area (Å²) in [4.78, 5) is 27.9. The van der Waals surface area contributed by atoms with Gasteiger partial charge in [0.1, 0.15) is 11.8 Å². The summed E-state index contributed by atoms with van der Waals surface area (Å²) >= 11 is 0. The smallest absolute Gasteiger partial charge is 0.177 e. The molecule has 0 radical (unpaired) electrons. The molecule has 2 saturated heterocycles. The number of nitrogens with zero attached hydrogens (tertiary/aromatic N) is 2. The van der Waals surface area contributed by atoms with Crippen LogP contribution < -0.4 is 0 Å². The number of hydrogen-bond donors (Lipinski definition) is 0. The van der Waals surface area contributed by atoms with Crippen molar-refractivity contribution in [2.24, 2.45) is 0 Å². The first-order valence-electron chi connectivity index (χ1n) is 6.04. The van der Waals surface area contributed by atoms with E-state index in [0.717, 1.165) is 38.6 Å². The van der Waals surface area contributed by atoms with E-state index in [4.69, 9.17) is 0 Å². The monoisotopic (exact) mass is 224 g/mol. The fourth-order valence-electron chi connectivity index (χ4n) is 3.02. The Morgan fingerprint density at radius 3 is 2.50 bits per heavy atom. The molecule has 2 aliphatic heterocycles. The van der Waals surface area contributed by atoms with Gasteiger partial charge in [0.25, 0.3) is 0 Å². The summed E-state index contributed by atoms with van der Waals surface area (Å²) in [6, 6.07) is -0.0502. The Bertz CT molecular complexity index is 305. The maximum atomic E-state index is 12.5. The van der Waals surface area contributed by atoms with E-state index in [-0.39, 0.29) is 11.8 Å². The first-order chi connectivity index (χ1) is 7.62. The molecule has 0 amide bonds. The third kappa shape index (κ3) is 1.60. The molecule has 0 aromatic heterocycles. The van der Waals surface area contributed by atoms with Gasteiger partial charge in [-0.25, -0.2) is 0 Å². The second-order valence-corrected chi connectivity index (χ2v) is 5.07. The molecule has 2 fully saturated rings. The van der Waals surface area contributed by atoms with E-state index in [0.29, 0.717) is 6.42 Å². The van der Waals surface area contributed by atoms with Gasteiger partial charge >= 0.3 is 0 Å². The molecule has 2 rings (SSSR count). The number of Topliss-reactive ketones (excluding diaryl/α,β-unsaturated/α-hetero) is 1. The lowest BCUT2D eigenvalue weighted by atomic mass is 9.87. The number of carbonyl (C=O) groups is 2. The highest BCUT2D eigenvalue weighted by Gasteiger charge is 2.49. The number of rotatable bonds is 3. The van der Waals surface area contributed by atoms with Crippen LogP contribution >= 0.6 is 0 Å². The summed E-state index contributed by atoms with van der Waals surface area (Å²) in [5, 5.41) is 0. The van der Waals surface area contributed by atoms with Crippen molar-refractivity contribution in [1.82, 2.24) is 9.80 Å². The summed E-state index contributed by atoms with van der Waals surface area (Å²) in [5.41, 5.74) is -0.830. The van der Waals surface area contributed by atoms with Gasteiger partial charge in [-0.3, -0.25) is 14.6 Å². The molecule has 0 spiro atoms. The Kier molecular flexibility index (Phi) is 3.13. The molecule has 0 aromatic rings. The molecular formula is C12H20N2O2. The zero-order valence-corrected chi connectivity index (χ0v) is 10.1. The molecule has 0 unspecified atom stereocenters. The van der Waals surface area contributed by atoms with E-state index in [9.17, 15) is 9.59 Å². The van der Waals surface area contributed by atoms with Crippen LogP contribution in [0.2, 0.25) is 0 Å². The van der Waals surface area contributed by atoms with E-state index in [1.54, 1.807) is 0 Å². The van der Waals surface area contributed by atoms with Crippen LogP contribution in [-0.2, 0) is 9.59 Å². The highest BCUT2D eigenvalue weighted by Crippen LogP contribution is 2.31. The van der Waals surface area contributed by atoms with Crippen molar-refractivity contribution in [3.05, 3.63) is 0 Å². The number of hydrogen-bond acceptors (Lipinski definition) is 4. The predicted octanol–water partition coefficient (Wildman–Crippen LogP) is 0.313. The summed E-state index contributed by atoms with van der Waals surface area (Å²) < 4.78 is 0. The van der Waals surface area contributed by atoms with Gasteiger partial charge in [0.15, 0.2) is 5.78 Å². The van der Waals surface area contributed by atoms with Crippen LogP contribution in [0.3, 0.4) is 0 Å². The molecule has 0 bridgehead atoms. The molecule has 0 aromatic carbocycles. The van der Waals surface area contributed by atoms with Crippen LogP contribution in [0.5, 0.6) is 0 Å². The highest BCUT2D eigenvalue weighted by molar-refractivity contribution is 6.06. The minimum Gasteiger partial charge on any atom is -0.301 e. The molecule has 0 saturated carbocycles. The van der Waals surface area contributed by atoms with Gasteiger partial charge in [0, 0.05) is 0 Å². The second kappa shape index (κ2) is 4.26. The van der Waals surface area contributed by atoms with E-state index >= 15 is 0 Å². The fraction of sp³-hybridized carbons (Fsp3) is 0.833. The molecule has 16 heavy (non-hydrogen) atoms. The van der Waals surface area contributed by atoms with E-state index in [1.807, 2.05) is 19.0 Å². The van der Waals surface area contributed by atoms with E-state index in [2.05, 4.69) is 4.90 Å². The molecule has 4 nitrogen and oxygen atoms in total. The van der Waals surface area contributed by atoms with Gasteiger partial charge in [0.05, 0.1) is 6.04 Å². The van der Waals surface area contributed by atoms with Gasteiger partial charge in [-0.1, -0.05) is 0 Å². The lowest BCUT2D eigenvalue weighted by Crippen LogP contribution is -2.56. The Morgan fingerprint density at radius 2 is 2.06 bits per heavy atom. The lowest BCUT2D eigenvalue weighted by molar-refractivity contribution is -0.138. The Balaban J connectivity index is 2.21. The van der Waals surface area contributed by atoms with Gasteiger partial charge in [0.2, 0.25) is 0 Å². The van der Waals surface area contributed by atoms with Crippen LogP contribution in [0, 0.1) is 0 Å². The number of likely N-dealkylation sites (N-methyl/N-ethyl adjacent to an activating group) is 2. The third-order valence-electron chi connectivity index (χ3n) is 4.18. The molecule has 0 N–H and O–H groups in total. The topological polar surface area (TPSA) is 40.6 Å². The van der Waals surface area contributed by atoms with Crippen LogP contribution in [0.25, 0.3) is 0 Å². The fourth-order valence-corrected chi connectivity index (χ4v) is 3.02. The maximum absolute atomic E-state index is 12.5. The zero-order valence-electron chi connectivity index (χ0n) is 10.1. The third-order valence-corrected chi connectivity index (χ3v) is 4.18. The Hall–Kier alpha value is -0.740. The number of ketones is 1. The number of aldehydes is 1. The average Bonchev–Trinajstić information content (AvgIpc) is 2.84. The normalized spacial score (nSPS) is 36.8. The molecule has 2 atom stereocenters. The summed E-state index contributed by atoms with van der Waals surface area (Å²) in [6.45, 7) is 1.82. The summed E-state index contributed by atoms with van der Waals surface area (Å²) in [7, 11) is 3.86. The van der Waals surface area contributed by atoms with Crippen molar-refractivity contribution in [1.29, 1.82) is 0 Å². The quantitative estimate of drug-likeness (QED) is 0.511. The molecular weight excluding hydrogens is 204 g/mol. The minimum atomic E-state index is -0.830. The second-order valence-electron chi connectivity index (χ2n) is 5.07. The summed E-state index contributed by atoms with van der Waals surface area (Å²) in [5.74, 6) is 0.113. The van der Waals surface area contributed by atoms with Crippen molar-refractivity contribution < 1.29 is 9.59 Å². The molecule has 0 aliphatic carbocycles. The van der Waals surface area contributed by atoms with Crippen LogP contribution in [-0.4, -0.2) is 60.6 Å². The Morgan fingerprint density at radius 1 is 1.31 bits per heavy atom. The maximum Gasteiger partial charge on any atom is 0.177 e. The first kappa shape index (κ1) is 11.7. The van der Waals surface area contributed by atoms with Crippen molar-refractivity contribution in [2.75, 3.05) is 27.2 Å². The number of likely N-dealkylation sites (tertiary alicyclic amines) is 2. The predicted molar refractivity (Wildman–Crippen MR) is 61.3 cm³/mol. The van der Waals surface area contributed by atoms with E-state index in [1.165, 1.54) is 0 Å². The minimum absolute atomic E-state index is 0.0502. The van der Waals surface area contributed by atoms with Gasteiger partial charge in [-0.15, -0.1) is 0 Å². The van der Waals surface area contributed by atoms with Crippen LogP contribution in [0.4, 0.5) is 0 Å². The first-order valence-corrected chi connectivity index (χ1v) is 6.04. The number of carbonyl (C=O) groups excluding carboxylic acids is 2. The standard InChI is InChI=1S/C12H20N2O2/c1-13-7-3-5-10(13)11(16)12(9-15)6-4-8-14(12)2/h9-10H,3-8H2,1-2H3/t10-,12-/m0/s1. The van der Waals surface area contributed by atoms with Gasteiger partial charge < -0.3 is 4.79 Å². The summed E-state index contributed by atoms with van der Waals surface area (Å²) in [6.07, 6.45) is 4.46. The van der Waals surface area contributed by atoms with Crippen molar-refractivity contribution >= 4 is 12.1 Å². The lowest BCUT2D eigenvalue weighted by Gasteiger charge is -2.33. The van der Waals surface area contributed by atoms with Gasteiger partial charge in [-0.2, -0.15) is 0 Å². The van der Waals surface area contributed by atoms with Crippen molar-refractivity contribution in [3.8, 4) is 0 Å². The SMILES string of the molecule is CN1CCC[C@H]1C(=O)[C@@]1(C=O)CCCN1C. The van der Waals surface area contributed by atoms with Crippen molar-refractivity contribution in [2.45, 2.75) is 37.3 Å². The van der Waals surface area contributed by atoms with E-state index < -0.39 is 5.54 Å². The average molecular weight is 224 g/mol. The molecule has 90 valence electrons. The Labute approximate surface area is 96.6 Å². The largest absolute Gasteiger partial charge is 0.301 e. The van der Waals surface area contributed by atoms with Gasteiger partial charge in [-0.05, 0) is 52.9 Å².